The second kappa shape index (κ2) is 3.51. The highest BCUT2D eigenvalue weighted by Gasteiger charge is 2.07. The van der Waals surface area contributed by atoms with Gasteiger partial charge >= 0.3 is 0 Å². The molecule has 0 radical (unpaired) electrons. The van der Waals surface area contributed by atoms with E-state index in [4.69, 9.17) is 0 Å². The highest BCUT2D eigenvalue weighted by molar-refractivity contribution is 14.1. The minimum absolute atomic E-state index is 0.614. The van der Waals surface area contributed by atoms with Gasteiger partial charge in [0.25, 0.3) is 0 Å². The minimum atomic E-state index is 0.614. The van der Waals surface area contributed by atoms with Crippen molar-refractivity contribution in [2.45, 2.75) is 0 Å². The van der Waals surface area contributed by atoms with Crippen LogP contribution in [0.4, 0.5) is 0 Å². The molecule has 0 aliphatic carbocycles. The van der Waals surface area contributed by atoms with E-state index in [-0.39, 0.29) is 0 Å². The molecule has 0 amide bonds. The van der Waals surface area contributed by atoms with E-state index in [9.17, 15) is 0 Å². The van der Waals surface area contributed by atoms with Gasteiger partial charge in [0, 0.05) is 11.8 Å². The largest absolute Gasteiger partial charge is 0.295 e. The van der Waals surface area contributed by atoms with Crippen molar-refractivity contribution in [2.24, 2.45) is 7.05 Å². The maximum atomic E-state index is 4.28. The molecule has 0 saturated carbocycles. The Morgan fingerprint density at radius 2 is 2.25 bits per heavy atom. The molecule has 3 rings (SSSR count). The van der Waals surface area contributed by atoms with E-state index in [1.807, 2.05) is 28.9 Å². The maximum Gasteiger partial charge on any atom is 0.205 e. The number of aryl methyl sites for hydroxylation is 1. The normalized spacial score (nSPS) is 11.1. The zero-order chi connectivity index (χ0) is 11.1. The fraction of sp³-hybridized carbons (Fsp3) is 0.111. The van der Waals surface area contributed by atoms with Crippen LogP contribution in [-0.2, 0) is 7.05 Å². The second-order valence-electron chi connectivity index (χ2n) is 3.33. The summed E-state index contributed by atoms with van der Waals surface area (Å²) in [7, 11) is 1.74. The Morgan fingerprint density at radius 1 is 1.38 bits per heavy atom. The number of pyridine rings is 1. The van der Waals surface area contributed by atoms with Crippen LogP contribution in [-0.4, -0.2) is 29.6 Å². The number of imidazole rings is 1. The Morgan fingerprint density at radius 3 is 3.00 bits per heavy atom. The van der Waals surface area contributed by atoms with Crippen LogP contribution in [0.5, 0.6) is 0 Å². The third kappa shape index (κ3) is 1.47. The van der Waals surface area contributed by atoms with E-state index < -0.39 is 0 Å². The lowest BCUT2D eigenvalue weighted by atomic mass is 10.2. The number of nitrogens with zero attached hydrogens (tertiary/aromatic N) is 6. The number of tetrazole rings is 1. The van der Waals surface area contributed by atoms with Crippen molar-refractivity contribution in [3.05, 3.63) is 28.2 Å². The predicted octanol–water partition coefficient (Wildman–Crippen LogP) is 1.13. The van der Waals surface area contributed by atoms with Crippen molar-refractivity contribution in [1.82, 2.24) is 29.6 Å². The van der Waals surface area contributed by atoms with Crippen LogP contribution in [0.25, 0.3) is 17.0 Å². The molecule has 3 aromatic heterocycles. The van der Waals surface area contributed by atoms with Crippen molar-refractivity contribution >= 4 is 28.2 Å². The van der Waals surface area contributed by atoms with Crippen LogP contribution in [0.1, 0.15) is 0 Å². The van der Waals surface area contributed by atoms with Crippen molar-refractivity contribution in [1.29, 1.82) is 0 Å². The molecule has 0 spiro atoms. The Labute approximate surface area is 104 Å². The lowest BCUT2D eigenvalue weighted by Crippen LogP contribution is -1.92. The van der Waals surface area contributed by atoms with Gasteiger partial charge in [-0.3, -0.25) is 4.40 Å². The Bertz CT molecular complexity index is 655. The Kier molecular flexibility index (Phi) is 2.13. The first-order valence-corrected chi connectivity index (χ1v) is 5.69. The van der Waals surface area contributed by atoms with Crippen LogP contribution >= 0.6 is 22.6 Å². The van der Waals surface area contributed by atoms with Crippen molar-refractivity contribution in [3.8, 4) is 11.4 Å². The molecule has 0 unspecified atom stereocenters. The lowest BCUT2D eigenvalue weighted by Gasteiger charge is -1.97. The molecular weight excluding hydrogens is 319 g/mol. The highest BCUT2D eigenvalue weighted by atomic mass is 127. The molecule has 0 fully saturated rings. The molecule has 7 heteroatoms. The summed E-state index contributed by atoms with van der Waals surface area (Å²) in [5.41, 5.74) is 1.80. The van der Waals surface area contributed by atoms with E-state index in [1.54, 1.807) is 7.05 Å². The molecule has 0 bridgehead atoms. The number of hydrogen-bond acceptors (Lipinski definition) is 4. The smallest absolute Gasteiger partial charge is 0.205 e. The number of fused-ring (bicyclic) bond motifs is 1. The van der Waals surface area contributed by atoms with Crippen molar-refractivity contribution in [3.63, 3.8) is 0 Å². The van der Waals surface area contributed by atoms with Crippen molar-refractivity contribution in [2.75, 3.05) is 0 Å². The van der Waals surface area contributed by atoms with Gasteiger partial charge in [-0.2, -0.15) is 4.80 Å². The molecule has 16 heavy (non-hydrogen) atoms. The lowest BCUT2D eigenvalue weighted by molar-refractivity contribution is 0.630. The zero-order valence-electron chi connectivity index (χ0n) is 8.37. The summed E-state index contributed by atoms with van der Waals surface area (Å²) < 4.78 is 3.08. The molecular formula is C9H7IN6. The molecule has 3 aromatic rings. The first-order chi connectivity index (χ1) is 7.74. The molecule has 0 atom stereocenters. The number of hydrogen-bond donors (Lipinski definition) is 0. The van der Waals surface area contributed by atoms with Crippen LogP contribution < -0.4 is 0 Å². The first kappa shape index (κ1) is 9.70. The maximum absolute atomic E-state index is 4.28. The van der Waals surface area contributed by atoms with Gasteiger partial charge in [-0.05, 0) is 39.9 Å². The molecule has 0 aliphatic rings. The summed E-state index contributed by atoms with van der Waals surface area (Å²) in [5, 5.41) is 11.9. The average molecular weight is 326 g/mol. The molecule has 0 saturated heterocycles. The third-order valence-corrected chi connectivity index (χ3v) is 3.03. The van der Waals surface area contributed by atoms with Gasteiger partial charge in [0.2, 0.25) is 5.82 Å². The summed E-state index contributed by atoms with van der Waals surface area (Å²) in [6.07, 6.45) is 3.78. The molecule has 6 nitrogen and oxygen atoms in total. The molecule has 3 heterocycles. The van der Waals surface area contributed by atoms with E-state index in [0.29, 0.717) is 5.82 Å². The standard InChI is InChI=1S/C9H7IN6/c1-15-13-9(12-14-15)6-2-3-16-7(10)5-11-8(16)4-6/h2-5H,1H3. The van der Waals surface area contributed by atoms with Gasteiger partial charge in [0.1, 0.15) is 9.35 Å². The van der Waals surface area contributed by atoms with Crippen LogP contribution in [0, 0.1) is 3.70 Å². The van der Waals surface area contributed by atoms with E-state index in [2.05, 4.69) is 43.0 Å². The van der Waals surface area contributed by atoms with E-state index in [0.717, 1.165) is 14.9 Å². The fourth-order valence-electron chi connectivity index (χ4n) is 1.49. The summed E-state index contributed by atoms with van der Waals surface area (Å²) in [4.78, 5) is 5.72. The van der Waals surface area contributed by atoms with Gasteiger partial charge in [-0.1, -0.05) is 0 Å². The molecule has 0 aliphatic heterocycles. The van der Waals surface area contributed by atoms with Gasteiger partial charge in [-0.15, -0.1) is 10.2 Å². The Balaban J connectivity index is 2.18. The van der Waals surface area contributed by atoms with Crippen LogP contribution in [0.15, 0.2) is 24.5 Å². The monoisotopic (exact) mass is 326 g/mol. The topological polar surface area (TPSA) is 60.9 Å². The van der Waals surface area contributed by atoms with E-state index >= 15 is 0 Å². The molecule has 0 N–H and O–H groups in total. The summed E-state index contributed by atoms with van der Waals surface area (Å²) in [5.74, 6) is 0.614. The number of rotatable bonds is 1. The Hall–Kier alpha value is -1.51. The van der Waals surface area contributed by atoms with Gasteiger partial charge in [-0.25, -0.2) is 4.98 Å². The van der Waals surface area contributed by atoms with E-state index in [1.165, 1.54) is 4.80 Å². The van der Waals surface area contributed by atoms with Gasteiger partial charge in [0.05, 0.1) is 13.2 Å². The van der Waals surface area contributed by atoms with Crippen molar-refractivity contribution < 1.29 is 0 Å². The molecule has 80 valence electrons. The fourth-order valence-corrected chi connectivity index (χ4v) is 2.04. The first-order valence-electron chi connectivity index (χ1n) is 4.61. The predicted molar refractivity (Wildman–Crippen MR) is 65.7 cm³/mol. The average Bonchev–Trinajstić information content (AvgIpc) is 2.86. The SMILES string of the molecule is Cn1nnc(-c2ccn3c(I)cnc3c2)n1. The zero-order valence-corrected chi connectivity index (χ0v) is 10.5. The quantitative estimate of drug-likeness (QED) is 0.629. The molecule has 0 aromatic carbocycles. The van der Waals surface area contributed by atoms with Gasteiger partial charge < -0.3 is 0 Å². The van der Waals surface area contributed by atoms with Crippen LogP contribution in [0.3, 0.4) is 0 Å². The van der Waals surface area contributed by atoms with Crippen LogP contribution in [0.2, 0.25) is 0 Å². The summed E-state index contributed by atoms with van der Waals surface area (Å²) in [6.45, 7) is 0. The van der Waals surface area contributed by atoms with Gasteiger partial charge in [0.15, 0.2) is 0 Å². The minimum Gasteiger partial charge on any atom is -0.295 e. The second-order valence-corrected chi connectivity index (χ2v) is 4.43. The third-order valence-electron chi connectivity index (χ3n) is 2.23. The summed E-state index contributed by atoms with van der Waals surface area (Å²) in [6, 6.07) is 3.90. The number of halogens is 1. The number of aromatic nitrogens is 6. The summed E-state index contributed by atoms with van der Waals surface area (Å²) >= 11 is 2.24. The highest BCUT2D eigenvalue weighted by Crippen LogP contribution is 2.17.